The van der Waals surface area contributed by atoms with Gasteiger partial charge in [-0.05, 0) is 30.2 Å². The molecule has 0 aliphatic heterocycles. The molecular weight excluding hydrogens is 336 g/mol. The Balaban J connectivity index is 2.32. The van der Waals surface area contributed by atoms with Gasteiger partial charge in [-0.25, -0.2) is 0 Å². The van der Waals surface area contributed by atoms with Crippen molar-refractivity contribution in [3.05, 3.63) is 58.7 Å². The van der Waals surface area contributed by atoms with E-state index in [4.69, 9.17) is 9.57 Å². The second-order valence-corrected chi connectivity index (χ2v) is 5.55. The summed E-state index contributed by atoms with van der Waals surface area (Å²) in [7, 11) is 2.89. The van der Waals surface area contributed by atoms with Crippen LogP contribution in [0.1, 0.15) is 22.3 Å². The van der Waals surface area contributed by atoms with Gasteiger partial charge in [0.15, 0.2) is 5.71 Å². The number of benzene rings is 2. The highest BCUT2D eigenvalue weighted by atomic mass is 16.6. The monoisotopic (exact) mass is 358 g/mol. The number of aromatic hydroxyl groups is 1. The van der Waals surface area contributed by atoms with Crippen LogP contribution in [0.3, 0.4) is 0 Å². The normalized spacial score (nSPS) is 11.2. The summed E-state index contributed by atoms with van der Waals surface area (Å²) in [6, 6.07) is 10.3. The SMILES string of the molecule is CNC(=O)/C(=N/OC)c1ccccc1COc1cc(CO)c(O)cc1C. The minimum absolute atomic E-state index is 0.0203. The molecule has 7 heteroatoms. The Bertz CT molecular complexity index is 818. The Kier molecular flexibility index (Phi) is 6.57. The van der Waals surface area contributed by atoms with E-state index in [0.717, 1.165) is 11.1 Å². The van der Waals surface area contributed by atoms with Gasteiger partial charge in [0.1, 0.15) is 25.2 Å². The molecule has 26 heavy (non-hydrogen) atoms. The van der Waals surface area contributed by atoms with Crippen LogP contribution in [0.5, 0.6) is 11.5 Å². The lowest BCUT2D eigenvalue weighted by atomic mass is 10.0. The van der Waals surface area contributed by atoms with Crippen molar-refractivity contribution >= 4 is 11.6 Å². The Morgan fingerprint density at radius 3 is 2.62 bits per heavy atom. The lowest BCUT2D eigenvalue weighted by molar-refractivity contribution is -0.114. The number of nitrogens with zero attached hydrogens (tertiary/aromatic N) is 1. The molecule has 0 spiro atoms. The van der Waals surface area contributed by atoms with E-state index in [0.29, 0.717) is 16.9 Å². The highest BCUT2D eigenvalue weighted by Gasteiger charge is 2.18. The maximum absolute atomic E-state index is 12.1. The molecular formula is C19H22N2O5. The zero-order valence-electron chi connectivity index (χ0n) is 14.9. The fourth-order valence-corrected chi connectivity index (χ4v) is 2.45. The number of amides is 1. The molecule has 0 unspecified atom stereocenters. The number of hydrogen-bond acceptors (Lipinski definition) is 6. The number of ether oxygens (including phenoxy) is 1. The van der Waals surface area contributed by atoms with E-state index < -0.39 is 0 Å². The average Bonchev–Trinajstić information content (AvgIpc) is 2.65. The molecule has 0 heterocycles. The summed E-state index contributed by atoms with van der Waals surface area (Å²) in [6.45, 7) is 1.68. The quantitative estimate of drug-likeness (QED) is 0.518. The Morgan fingerprint density at radius 1 is 1.23 bits per heavy atom. The molecule has 138 valence electrons. The summed E-state index contributed by atoms with van der Waals surface area (Å²) in [4.78, 5) is 16.9. The first-order chi connectivity index (χ1) is 12.5. The summed E-state index contributed by atoms with van der Waals surface area (Å²) in [5.41, 5.74) is 2.59. The number of carbonyl (C=O) groups is 1. The maximum Gasteiger partial charge on any atom is 0.273 e. The molecule has 1 amide bonds. The molecule has 0 bridgehead atoms. The molecule has 2 aromatic carbocycles. The molecule has 3 N–H and O–H groups in total. The fraction of sp³-hybridized carbons (Fsp3) is 0.263. The minimum atomic E-state index is -0.373. The molecule has 2 rings (SSSR count). The van der Waals surface area contributed by atoms with Gasteiger partial charge in [-0.15, -0.1) is 0 Å². The van der Waals surface area contributed by atoms with Crippen molar-refractivity contribution in [2.75, 3.05) is 14.2 Å². The van der Waals surface area contributed by atoms with Crippen LogP contribution < -0.4 is 10.1 Å². The van der Waals surface area contributed by atoms with Crippen molar-refractivity contribution < 1.29 is 24.6 Å². The van der Waals surface area contributed by atoms with Crippen molar-refractivity contribution in [3.8, 4) is 11.5 Å². The van der Waals surface area contributed by atoms with E-state index in [9.17, 15) is 15.0 Å². The molecule has 0 saturated carbocycles. The number of oxime groups is 1. The minimum Gasteiger partial charge on any atom is -0.508 e. The summed E-state index contributed by atoms with van der Waals surface area (Å²) >= 11 is 0. The van der Waals surface area contributed by atoms with Crippen LogP contribution in [0.4, 0.5) is 0 Å². The van der Waals surface area contributed by atoms with Crippen LogP contribution in [0.25, 0.3) is 0 Å². The number of aryl methyl sites for hydroxylation is 1. The van der Waals surface area contributed by atoms with E-state index in [1.807, 2.05) is 12.1 Å². The van der Waals surface area contributed by atoms with Gasteiger partial charge in [0.2, 0.25) is 0 Å². The number of nitrogens with one attached hydrogen (secondary N) is 1. The van der Waals surface area contributed by atoms with E-state index in [2.05, 4.69) is 10.5 Å². The van der Waals surface area contributed by atoms with Gasteiger partial charge >= 0.3 is 0 Å². The average molecular weight is 358 g/mol. The first-order valence-electron chi connectivity index (χ1n) is 7.99. The van der Waals surface area contributed by atoms with Crippen LogP contribution >= 0.6 is 0 Å². The molecule has 0 atom stereocenters. The van der Waals surface area contributed by atoms with Crippen LogP contribution in [0.2, 0.25) is 0 Å². The summed E-state index contributed by atoms with van der Waals surface area (Å²) < 4.78 is 5.85. The van der Waals surface area contributed by atoms with E-state index in [-0.39, 0.29) is 30.6 Å². The first-order valence-corrected chi connectivity index (χ1v) is 7.99. The number of rotatable bonds is 7. The van der Waals surface area contributed by atoms with Crippen molar-refractivity contribution in [3.63, 3.8) is 0 Å². The third kappa shape index (κ3) is 4.31. The predicted molar refractivity (Wildman–Crippen MR) is 97.2 cm³/mol. The second-order valence-electron chi connectivity index (χ2n) is 5.55. The molecule has 2 aromatic rings. The van der Waals surface area contributed by atoms with Crippen LogP contribution in [0.15, 0.2) is 41.6 Å². The molecule has 7 nitrogen and oxygen atoms in total. The van der Waals surface area contributed by atoms with E-state index >= 15 is 0 Å². The number of aliphatic hydroxyl groups excluding tert-OH is 1. The highest BCUT2D eigenvalue weighted by molar-refractivity contribution is 6.45. The largest absolute Gasteiger partial charge is 0.508 e. The van der Waals surface area contributed by atoms with Crippen LogP contribution in [0, 0.1) is 6.92 Å². The molecule has 0 saturated heterocycles. The highest BCUT2D eigenvalue weighted by Crippen LogP contribution is 2.28. The standard InChI is InChI=1S/C19H22N2O5/c1-12-8-16(23)14(10-22)9-17(12)26-11-13-6-4-5-7-15(13)18(21-25-3)19(24)20-2/h4-9,22-23H,10-11H2,1-3H3,(H,20,24)/b21-18+. The summed E-state index contributed by atoms with van der Waals surface area (Å²) in [5.74, 6) is 0.182. The van der Waals surface area contributed by atoms with E-state index in [1.165, 1.54) is 20.2 Å². The number of carbonyl (C=O) groups excluding carboxylic acids is 1. The Morgan fingerprint density at radius 2 is 1.96 bits per heavy atom. The summed E-state index contributed by atoms with van der Waals surface area (Å²) in [5, 5.41) is 25.4. The molecule has 0 aromatic heterocycles. The third-order valence-electron chi connectivity index (χ3n) is 3.83. The fourth-order valence-electron chi connectivity index (χ4n) is 2.45. The van der Waals surface area contributed by atoms with Crippen molar-refractivity contribution in [1.29, 1.82) is 0 Å². The van der Waals surface area contributed by atoms with Gasteiger partial charge < -0.3 is 25.1 Å². The van der Waals surface area contributed by atoms with Gasteiger partial charge in [-0.2, -0.15) is 0 Å². The third-order valence-corrected chi connectivity index (χ3v) is 3.83. The van der Waals surface area contributed by atoms with Crippen LogP contribution in [-0.2, 0) is 22.8 Å². The number of phenols is 1. The van der Waals surface area contributed by atoms with Crippen molar-refractivity contribution in [2.24, 2.45) is 5.16 Å². The topological polar surface area (TPSA) is 100 Å². The van der Waals surface area contributed by atoms with Crippen LogP contribution in [-0.4, -0.2) is 36.0 Å². The lowest BCUT2D eigenvalue weighted by Crippen LogP contribution is -2.29. The molecule has 0 aliphatic carbocycles. The number of hydrogen-bond donors (Lipinski definition) is 3. The van der Waals surface area contributed by atoms with Crippen molar-refractivity contribution in [2.45, 2.75) is 20.1 Å². The first kappa shape index (κ1) is 19.3. The Hall–Kier alpha value is -3.06. The number of aliphatic hydroxyl groups is 1. The molecule has 0 fully saturated rings. The van der Waals surface area contributed by atoms with Gasteiger partial charge in [-0.3, -0.25) is 4.79 Å². The Labute approximate surface area is 151 Å². The predicted octanol–water partition coefficient (Wildman–Crippen LogP) is 1.87. The van der Waals surface area contributed by atoms with E-state index in [1.54, 1.807) is 25.1 Å². The lowest BCUT2D eigenvalue weighted by Gasteiger charge is -2.14. The van der Waals surface area contributed by atoms with Gasteiger partial charge in [0, 0.05) is 18.2 Å². The summed E-state index contributed by atoms with van der Waals surface area (Å²) in [6.07, 6.45) is 0. The zero-order chi connectivity index (χ0) is 19.1. The van der Waals surface area contributed by atoms with Gasteiger partial charge in [0.25, 0.3) is 5.91 Å². The maximum atomic E-state index is 12.1. The molecule has 0 aliphatic rings. The molecule has 0 radical (unpaired) electrons. The van der Waals surface area contributed by atoms with Gasteiger partial charge in [0.05, 0.1) is 6.61 Å². The zero-order valence-corrected chi connectivity index (χ0v) is 14.9. The van der Waals surface area contributed by atoms with Gasteiger partial charge in [-0.1, -0.05) is 29.4 Å². The van der Waals surface area contributed by atoms with Crippen molar-refractivity contribution in [1.82, 2.24) is 5.32 Å². The second kappa shape index (κ2) is 8.87. The number of likely N-dealkylation sites (N-methyl/N-ethyl adjacent to an activating group) is 1. The smallest absolute Gasteiger partial charge is 0.273 e.